The van der Waals surface area contributed by atoms with Crippen LogP contribution < -0.4 is 10.6 Å². The molecule has 0 aliphatic heterocycles. The SMILES string of the molecule is COCC(O)CCNC(=O)Nc1cccc(F)c1. The van der Waals surface area contributed by atoms with E-state index in [1.807, 2.05) is 0 Å². The van der Waals surface area contributed by atoms with Crippen molar-refractivity contribution in [2.75, 3.05) is 25.6 Å². The molecule has 6 heteroatoms. The lowest BCUT2D eigenvalue weighted by atomic mass is 10.3. The zero-order valence-corrected chi connectivity index (χ0v) is 10.1. The molecule has 0 saturated heterocycles. The molecule has 18 heavy (non-hydrogen) atoms. The minimum absolute atomic E-state index is 0.229. The van der Waals surface area contributed by atoms with Crippen molar-refractivity contribution in [1.29, 1.82) is 0 Å². The second-order valence-electron chi connectivity index (χ2n) is 3.79. The number of ether oxygens (including phenoxy) is 1. The van der Waals surface area contributed by atoms with Crippen LogP contribution in [0.5, 0.6) is 0 Å². The first-order valence-corrected chi connectivity index (χ1v) is 5.59. The van der Waals surface area contributed by atoms with Crippen LogP contribution >= 0.6 is 0 Å². The molecule has 0 bridgehead atoms. The van der Waals surface area contributed by atoms with Crippen LogP contribution in [0.15, 0.2) is 24.3 Å². The van der Waals surface area contributed by atoms with Gasteiger partial charge in [-0.15, -0.1) is 0 Å². The number of aliphatic hydroxyl groups excluding tert-OH is 1. The van der Waals surface area contributed by atoms with E-state index in [1.165, 1.54) is 25.3 Å². The number of methoxy groups -OCH3 is 1. The van der Waals surface area contributed by atoms with Gasteiger partial charge in [-0.2, -0.15) is 0 Å². The number of carbonyl (C=O) groups is 1. The zero-order valence-electron chi connectivity index (χ0n) is 10.1. The van der Waals surface area contributed by atoms with Crippen LogP contribution in [0.4, 0.5) is 14.9 Å². The number of anilines is 1. The summed E-state index contributed by atoms with van der Waals surface area (Å²) in [5.74, 6) is -0.414. The number of hydrogen-bond donors (Lipinski definition) is 3. The van der Waals surface area contributed by atoms with Crippen LogP contribution in [0.25, 0.3) is 0 Å². The van der Waals surface area contributed by atoms with E-state index in [0.29, 0.717) is 18.7 Å². The van der Waals surface area contributed by atoms with Crippen molar-refractivity contribution in [3.63, 3.8) is 0 Å². The Morgan fingerprint density at radius 2 is 2.33 bits per heavy atom. The minimum Gasteiger partial charge on any atom is -0.391 e. The topological polar surface area (TPSA) is 70.6 Å². The highest BCUT2D eigenvalue weighted by Crippen LogP contribution is 2.08. The summed E-state index contributed by atoms with van der Waals surface area (Å²) in [5.41, 5.74) is 0.380. The Morgan fingerprint density at radius 3 is 3.00 bits per heavy atom. The maximum atomic E-state index is 12.8. The van der Waals surface area contributed by atoms with Crippen LogP contribution in [0.2, 0.25) is 0 Å². The molecule has 1 atom stereocenters. The van der Waals surface area contributed by atoms with E-state index >= 15 is 0 Å². The fourth-order valence-electron chi connectivity index (χ4n) is 1.37. The monoisotopic (exact) mass is 256 g/mol. The fourth-order valence-corrected chi connectivity index (χ4v) is 1.37. The van der Waals surface area contributed by atoms with Crippen LogP contribution in [-0.2, 0) is 4.74 Å². The number of carbonyl (C=O) groups excluding carboxylic acids is 1. The summed E-state index contributed by atoms with van der Waals surface area (Å²) in [6.45, 7) is 0.541. The van der Waals surface area contributed by atoms with Crippen LogP contribution in [0.3, 0.4) is 0 Å². The van der Waals surface area contributed by atoms with Crippen molar-refractivity contribution in [3.05, 3.63) is 30.1 Å². The van der Waals surface area contributed by atoms with E-state index in [0.717, 1.165) is 0 Å². The van der Waals surface area contributed by atoms with Gasteiger partial charge in [0.2, 0.25) is 0 Å². The molecular weight excluding hydrogens is 239 g/mol. The second kappa shape index (κ2) is 7.62. The summed E-state index contributed by atoms with van der Waals surface area (Å²) in [5, 5.41) is 14.4. The maximum Gasteiger partial charge on any atom is 0.319 e. The summed E-state index contributed by atoms with van der Waals surface area (Å²) in [6, 6.07) is 5.17. The van der Waals surface area contributed by atoms with Crippen molar-refractivity contribution in [3.8, 4) is 0 Å². The Kier molecular flexibility index (Phi) is 6.10. The van der Waals surface area contributed by atoms with Gasteiger partial charge in [-0.25, -0.2) is 9.18 Å². The fraction of sp³-hybridized carbons (Fsp3) is 0.417. The van der Waals surface area contributed by atoms with E-state index in [1.54, 1.807) is 6.07 Å². The quantitative estimate of drug-likeness (QED) is 0.719. The number of aliphatic hydroxyl groups is 1. The van der Waals surface area contributed by atoms with Gasteiger partial charge in [-0.3, -0.25) is 0 Å². The molecular formula is C12H17FN2O3. The molecule has 5 nitrogen and oxygen atoms in total. The van der Waals surface area contributed by atoms with Crippen molar-refractivity contribution in [2.45, 2.75) is 12.5 Å². The normalized spacial score (nSPS) is 11.9. The standard InChI is InChI=1S/C12H17FN2O3/c1-18-8-11(16)5-6-14-12(17)15-10-4-2-3-9(13)7-10/h2-4,7,11,16H,5-6,8H2,1H3,(H2,14,15,17). The van der Waals surface area contributed by atoms with Gasteiger partial charge in [0.15, 0.2) is 0 Å². The highest BCUT2D eigenvalue weighted by molar-refractivity contribution is 5.89. The predicted octanol–water partition coefficient (Wildman–Crippen LogP) is 1.34. The third kappa shape index (κ3) is 5.60. The molecule has 0 aliphatic rings. The van der Waals surface area contributed by atoms with Gasteiger partial charge in [0, 0.05) is 19.3 Å². The Bertz CT molecular complexity index is 387. The van der Waals surface area contributed by atoms with E-state index in [-0.39, 0.29) is 6.61 Å². The highest BCUT2D eigenvalue weighted by atomic mass is 19.1. The van der Waals surface area contributed by atoms with Gasteiger partial charge in [0.05, 0.1) is 12.7 Å². The van der Waals surface area contributed by atoms with E-state index < -0.39 is 18.0 Å². The summed E-state index contributed by atoms with van der Waals surface area (Å²) < 4.78 is 17.6. The van der Waals surface area contributed by atoms with Crippen LogP contribution in [0.1, 0.15) is 6.42 Å². The third-order valence-corrected chi connectivity index (χ3v) is 2.20. The average Bonchev–Trinajstić information content (AvgIpc) is 2.29. The van der Waals surface area contributed by atoms with Crippen molar-refractivity contribution in [2.24, 2.45) is 0 Å². The Balaban J connectivity index is 2.25. The molecule has 0 saturated carbocycles. The van der Waals surface area contributed by atoms with Crippen LogP contribution in [-0.4, -0.2) is 37.5 Å². The lowest BCUT2D eigenvalue weighted by Crippen LogP contribution is -2.32. The predicted molar refractivity (Wildman–Crippen MR) is 65.9 cm³/mol. The van der Waals surface area contributed by atoms with Crippen molar-refractivity contribution in [1.82, 2.24) is 5.32 Å². The summed E-state index contributed by atoms with van der Waals surface area (Å²) in [6.07, 6.45) is -0.214. The Morgan fingerprint density at radius 1 is 1.56 bits per heavy atom. The van der Waals surface area contributed by atoms with Gasteiger partial charge in [-0.1, -0.05) is 6.07 Å². The molecule has 0 fully saturated rings. The molecule has 0 aliphatic carbocycles. The molecule has 0 aromatic heterocycles. The van der Waals surface area contributed by atoms with E-state index in [9.17, 15) is 14.3 Å². The molecule has 1 unspecified atom stereocenters. The maximum absolute atomic E-state index is 12.8. The molecule has 1 aromatic rings. The first kappa shape index (κ1) is 14.4. The lowest BCUT2D eigenvalue weighted by molar-refractivity contribution is 0.0599. The van der Waals surface area contributed by atoms with Gasteiger partial charge in [0.25, 0.3) is 0 Å². The number of urea groups is 1. The average molecular weight is 256 g/mol. The van der Waals surface area contributed by atoms with Gasteiger partial charge in [0.1, 0.15) is 5.82 Å². The lowest BCUT2D eigenvalue weighted by Gasteiger charge is -2.11. The largest absolute Gasteiger partial charge is 0.391 e. The molecule has 1 rings (SSSR count). The first-order valence-electron chi connectivity index (χ1n) is 5.59. The van der Waals surface area contributed by atoms with Crippen molar-refractivity contribution >= 4 is 11.7 Å². The third-order valence-electron chi connectivity index (χ3n) is 2.20. The van der Waals surface area contributed by atoms with E-state index in [2.05, 4.69) is 10.6 Å². The summed E-state index contributed by atoms with van der Waals surface area (Å²) in [4.78, 5) is 11.4. The summed E-state index contributed by atoms with van der Waals surface area (Å²) in [7, 11) is 1.49. The molecule has 1 aromatic carbocycles. The smallest absolute Gasteiger partial charge is 0.319 e. The molecule has 3 N–H and O–H groups in total. The van der Waals surface area contributed by atoms with Gasteiger partial charge >= 0.3 is 6.03 Å². The minimum atomic E-state index is -0.607. The number of nitrogens with one attached hydrogen (secondary N) is 2. The number of benzene rings is 1. The number of amides is 2. The Labute approximate surface area is 105 Å². The Hall–Kier alpha value is -1.66. The zero-order chi connectivity index (χ0) is 13.4. The van der Waals surface area contributed by atoms with Gasteiger partial charge < -0.3 is 20.5 Å². The number of rotatable bonds is 6. The molecule has 2 amide bonds. The number of halogens is 1. The first-order chi connectivity index (χ1) is 8.61. The van der Waals surface area contributed by atoms with Crippen molar-refractivity contribution < 1.29 is 19.0 Å². The van der Waals surface area contributed by atoms with E-state index in [4.69, 9.17) is 4.74 Å². The molecule has 100 valence electrons. The van der Waals surface area contributed by atoms with Crippen LogP contribution in [0, 0.1) is 5.82 Å². The summed E-state index contributed by atoms with van der Waals surface area (Å²) >= 11 is 0. The highest BCUT2D eigenvalue weighted by Gasteiger charge is 2.05. The van der Waals surface area contributed by atoms with Gasteiger partial charge in [-0.05, 0) is 24.6 Å². The molecule has 0 heterocycles. The second-order valence-corrected chi connectivity index (χ2v) is 3.79. The molecule has 0 radical (unpaired) electrons. The number of hydrogen-bond acceptors (Lipinski definition) is 3. The molecule has 0 spiro atoms.